The van der Waals surface area contributed by atoms with Crippen molar-refractivity contribution in [2.75, 3.05) is 19.8 Å². The van der Waals surface area contributed by atoms with Crippen LogP contribution in [0.25, 0.3) is 0 Å². The smallest absolute Gasteiger partial charge is 0.119 e. The molecule has 0 amide bonds. The summed E-state index contributed by atoms with van der Waals surface area (Å²) in [7, 11) is 0. The maximum atomic E-state index is 6.00. The van der Waals surface area contributed by atoms with Crippen molar-refractivity contribution in [2.45, 2.75) is 53.2 Å². The first-order chi connectivity index (χ1) is 10.1. The van der Waals surface area contributed by atoms with Gasteiger partial charge in [0.15, 0.2) is 0 Å². The molecule has 0 fully saturated rings. The van der Waals surface area contributed by atoms with E-state index in [-0.39, 0.29) is 12.1 Å². The SMILES string of the molecule is CCCNC(COC(C)C(C)C)c1ccc(OCC)cc1. The highest BCUT2D eigenvalue weighted by molar-refractivity contribution is 5.29. The molecule has 1 rings (SSSR count). The van der Waals surface area contributed by atoms with Gasteiger partial charge in [0.05, 0.1) is 25.4 Å². The van der Waals surface area contributed by atoms with Crippen molar-refractivity contribution in [1.82, 2.24) is 5.32 Å². The average Bonchev–Trinajstić information content (AvgIpc) is 2.48. The van der Waals surface area contributed by atoms with Gasteiger partial charge in [-0.15, -0.1) is 0 Å². The first kappa shape index (κ1) is 18.0. The summed E-state index contributed by atoms with van der Waals surface area (Å²) in [6, 6.07) is 8.56. The maximum Gasteiger partial charge on any atom is 0.119 e. The molecular weight excluding hydrogens is 262 g/mol. The normalized spacial score (nSPS) is 14.2. The summed E-state index contributed by atoms with van der Waals surface area (Å²) in [5.74, 6) is 1.46. The number of benzene rings is 1. The van der Waals surface area contributed by atoms with Crippen molar-refractivity contribution in [2.24, 2.45) is 5.92 Å². The van der Waals surface area contributed by atoms with E-state index < -0.39 is 0 Å². The van der Waals surface area contributed by atoms with Gasteiger partial charge < -0.3 is 14.8 Å². The Morgan fingerprint density at radius 1 is 1.05 bits per heavy atom. The van der Waals surface area contributed by atoms with Gasteiger partial charge in [-0.05, 0) is 50.4 Å². The molecule has 0 aliphatic heterocycles. The lowest BCUT2D eigenvalue weighted by Gasteiger charge is -2.23. The minimum atomic E-state index is 0.238. The number of nitrogens with one attached hydrogen (secondary N) is 1. The number of hydrogen-bond acceptors (Lipinski definition) is 3. The van der Waals surface area contributed by atoms with Crippen LogP contribution in [-0.4, -0.2) is 25.9 Å². The molecule has 120 valence electrons. The van der Waals surface area contributed by atoms with Gasteiger partial charge in [0.1, 0.15) is 5.75 Å². The summed E-state index contributed by atoms with van der Waals surface area (Å²) < 4.78 is 11.5. The zero-order valence-corrected chi connectivity index (χ0v) is 14.2. The van der Waals surface area contributed by atoms with Crippen LogP contribution >= 0.6 is 0 Å². The van der Waals surface area contributed by atoms with E-state index in [9.17, 15) is 0 Å². The Morgan fingerprint density at radius 3 is 2.24 bits per heavy atom. The third-order valence-electron chi connectivity index (χ3n) is 3.70. The third kappa shape index (κ3) is 6.49. The van der Waals surface area contributed by atoms with Crippen molar-refractivity contribution < 1.29 is 9.47 Å². The lowest BCUT2D eigenvalue weighted by atomic mass is 10.1. The molecule has 0 spiro atoms. The van der Waals surface area contributed by atoms with Gasteiger partial charge in [0.25, 0.3) is 0 Å². The Morgan fingerprint density at radius 2 is 1.71 bits per heavy atom. The van der Waals surface area contributed by atoms with Crippen LogP contribution in [0.2, 0.25) is 0 Å². The first-order valence-corrected chi connectivity index (χ1v) is 8.16. The molecular formula is C18H31NO2. The lowest BCUT2D eigenvalue weighted by molar-refractivity contribution is 0.0218. The van der Waals surface area contributed by atoms with E-state index in [1.54, 1.807) is 0 Å². The summed E-state index contributed by atoms with van der Waals surface area (Å²) >= 11 is 0. The van der Waals surface area contributed by atoms with E-state index in [4.69, 9.17) is 9.47 Å². The average molecular weight is 293 g/mol. The third-order valence-corrected chi connectivity index (χ3v) is 3.70. The highest BCUT2D eigenvalue weighted by atomic mass is 16.5. The van der Waals surface area contributed by atoms with Crippen molar-refractivity contribution in [1.29, 1.82) is 0 Å². The number of rotatable bonds is 10. The molecule has 0 bridgehead atoms. The second-order valence-electron chi connectivity index (χ2n) is 5.79. The fourth-order valence-electron chi connectivity index (χ4n) is 2.00. The van der Waals surface area contributed by atoms with E-state index in [1.807, 2.05) is 19.1 Å². The Hall–Kier alpha value is -1.06. The quantitative estimate of drug-likeness (QED) is 0.702. The van der Waals surface area contributed by atoms with Crippen LogP contribution in [0, 0.1) is 5.92 Å². The molecule has 0 radical (unpaired) electrons. The Balaban J connectivity index is 2.67. The van der Waals surface area contributed by atoms with Crippen LogP contribution in [0.1, 0.15) is 52.6 Å². The Labute approximate surface area is 130 Å². The highest BCUT2D eigenvalue weighted by Gasteiger charge is 2.14. The molecule has 0 heterocycles. The molecule has 3 heteroatoms. The standard InChI is InChI=1S/C18H31NO2/c1-6-12-19-18(13-21-15(5)14(3)4)16-8-10-17(11-9-16)20-7-2/h8-11,14-15,18-19H,6-7,12-13H2,1-5H3. The highest BCUT2D eigenvalue weighted by Crippen LogP contribution is 2.19. The van der Waals surface area contributed by atoms with Gasteiger partial charge in [0.2, 0.25) is 0 Å². The summed E-state index contributed by atoms with van der Waals surface area (Å²) in [4.78, 5) is 0. The lowest BCUT2D eigenvalue weighted by Crippen LogP contribution is -2.29. The topological polar surface area (TPSA) is 30.5 Å². The van der Waals surface area contributed by atoms with Crippen molar-refractivity contribution in [3.63, 3.8) is 0 Å². The van der Waals surface area contributed by atoms with E-state index in [2.05, 4.69) is 45.1 Å². The number of ether oxygens (including phenoxy) is 2. The molecule has 3 nitrogen and oxygen atoms in total. The summed E-state index contributed by atoms with van der Waals surface area (Å²) in [5.41, 5.74) is 1.25. The predicted molar refractivity (Wildman–Crippen MR) is 88.9 cm³/mol. The Bertz CT molecular complexity index is 375. The van der Waals surface area contributed by atoms with Crippen molar-refractivity contribution in [3.05, 3.63) is 29.8 Å². The molecule has 0 aliphatic carbocycles. The van der Waals surface area contributed by atoms with E-state index in [0.29, 0.717) is 19.1 Å². The van der Waals surface area contributed by atoms with Gasteiger partial charge in [-0.3, -0.25) is 0 Å². The minimum Gasteiger partial charge on any atom is -0.494 e. The van der Waals surface area contributed by atoms with Crippen LogP contribution < -0.4 is 10.1 Å². The molecule has 1 N–H and O–H groups in total. The number of hydrogen-bond donors (Lipinski definition) is 1. The summed E-state index contributed by atoms with van der Waals surface area (Å²) in [5, 5.41) is 3.57. The molecule has 0 aliphatic rings. The predicted octanol–water partition coefficient (Wildman–Crippen LogP) is 4.19. The molecule has 21 heavy (non-hydrogen) atoms. The van der Waals surface area contributed by atoms with Crippen LogP contribution in [0.4, 0.5) is 0 Å². The van der Waals surface area contributed by atoms with Crippen LogP contribution in [0.15, 0.2) is 24.3 Å². The summed E-state index contributed by atoms with van der Waals surface area (Å²) in [6.07, 6.45) is 1.39. The van der Waals surface area contributed by atoms with Gasteiger partial charge in [-0.25, -0.2) is 0 Å². The monoisotopic (exact) mass is 293 g/mol. The van der Waals surface area contributed by atoms with Crippen molar-refractivity contribution in [3.8, 4) is 5.75 Å². The molecule has 2 atom stereocenters. The fourth-order valence-corrected chi connectivity index (χ4v) is 2.00. The second kappa shape index (κ2) is 9.80. The fraction of sp³-hybridized carbons (Fsp3) is 0.667. The Kier molecular flexibility index (Phi) is 8.40. The molecule has 1 aromatic carbocycles. The van der Waals surface area contributed by atoms with Crippen LogP contribution in [0.5, 0.6) is 5.75 Å². The first-order valence-electron chi connectivity index (χ1n) is 8.16. The van der Waals surface area contributed by atoms with Crippen LogP contribution in [0.3, 0.4) is 0 Å². The van der Waals surface area contributed by atoms with Gasteiger partial charge in [-0.2, -0.15) is 0 Å². The van der Waals surface area contributed by atoms with Crippen LogP contribution in [-0.2, 0) is 4.74 Å². The molecule has 0 aromatic heterocycles. The second-order valence-corrected chi connectivity index (χ2v) is 5.79. The zero-order valence-electron chi connectivity index (χ0n) is 14.2. The maximum absolute atomic E-state index is 6.00. The van der Waals surface area contributed by atoms with Gasteiger partial charge in [0, 0.05) is 0 Å². The summed E-state index contributed by atoms with van der Waals surface area (Å²) in [6.45, 7) is 13.1. The zero-order chi connectivity index (χ0) is 15.7. The minimum absolute atomic E-state index is 0.238. The molecule has 2 unspecified atom stereocenters. The van der Waals surface area contributed by atoms with E-state index in [1.165, 1.54) is 5.56 Å². The van der Waals surface area contributed by atoms with Gasteiger partial charge in [-0.1, -0.05) is 32.9 Å². The van der Waals surface area contributed by atoms with E-state index >= 15 is 0 Å². The molecule has 0 saturated carbocycles. The largest absolute Gasteiger partial charge is 0.494 e. The molecule has 1 aromatic rings. The van der Waals surface area contributed by atoms with E-state index in [0.717, 1.165) is 18.7 Å². The van der Waals surface area contributed by atoms with Gasteiger partial charge >= 0.3 is 0 Å². The molecule has 0 saturated heterocycles. The van der Waals surface area contributed by atoms with Crippen molar-refractivity contribution >= 4 is 0 Å².